The highest BCUT2D eigenvalue weighted by atomic mass is 16.5. The summed E-state index contributed by atoms with van der Waals surface area (Å²) in [6, 6.07) is 6.39. The molecule has 2 aromatic rings. The first-order valence-corrected chi connectivity index (χ1v) is 6.93. The number of ether oxygens (including phenoxy) is 1. The number of hydrogen-bond donors (Lipinski definition) is 2. The molecule has 1 aromatic heterocycles. The van der Waals surface area contributed by atoms with E-state index >= 15 is 0 Å². The molecule has 1 aromatic carbocycles. The van der Waals surface area contributed by atoms with Gasteiger partial charge in [0.15, 0.2) is 12.4 Å². The van der Waals surface area contributed by atoms with E-state index in [2.05, 4.69) is 15.6 Å². The Balaban J connectivity index is 1.91. The van der Waals surface area contributed by atoms with Gasteiger partial charge in [0, 0.05) is 39.1 Å². The predicted molar refractivity (Wildman–Crippen MR) is 86.5 cm³/mol. The van der Waals surface area contributed by atoms with Crippen molar-refractivity contribution in [2.75, 3.05) is 31.3 Å². The van der Waals surface area contributed by atoms with Crippen LogP contribution in [0.5, 0.6) is 5.75 Å². The zero-order valence-corrected chi connectivity index (χ0v) is 13.2. The van der Waals surface area contributed by atoms with Crippen molar-refractivity contribution in [1.82, 2.24) is 14.5 Å². The van der Waals surface area contributed by atoms with E-state index in [9.17, 15) is 9.59 Å². The first kappa shape index (κ1) is 16.3. The lowest BCUT2D eigenvalue weighted by Crippen LogP contribution is -2.27. The monoisotopic (exact) mass is 317 g/mol. The summed E-state index contributed by atoms with van der Waals surface area (Å²) >= 11 is 0. The highest BCUT2D eigenvalue weighted by Gasteiger charge is 2.07. The number of anilines is 2. The Morgan fingerprint density at radius 1 is 1.30 bits per heavy atom. The summed E-state index contributed by atoms with van der Waals surface area (Å²) in [5.41, 5.74) is 0.549. The van der Waals surface area contributed by atoms with Gasteiger partial charge in [-0.2, -0.15) is 0 Å². The first-order chi connectivity index (χ1) is 10.9. The highest BCUT2D eigenvalue weighted by molar-refractivity contribution is 5.99. The number of carbonyl (C=O) groups is 2. The number of likely N-dealkylation sites (N-methyl/N-ethyl adjacent to an activating group) is 1. The Morgan fingerprint density at radius 2 is 2.09 bits per heavy atom. The van der Waals surface area contributed by atoms with Gasteiger partial charge in [0.2, 0.25) is 0 Å². The van der Waals surface area contributed by atoms with E-state index in [1.54, 1.807) is 55.5 Å². The largest absolute Gasteiger partial charge is 0.484 e. The van der Waals surface area contributed by atoms with Crippen molar-refractivity contribution < 1.29 is 14.3 Å². The second kappa shape index (κ2) is 7.30. The minimum Gasteiger partial charge on any atom is -0.484 e. The van der Waals surface area contributed by atoms with Crippen LogP contribution in [0.1, 0.15) is 0 Å². The molecule has 2 rings (SSSR count). The number of carbonyl (C=O) groups excluding carboxylic acids is 2. The van der Waals surface area contributed by atoms with Crippen molar-refractivity contribution in [3.63, 3.8) is 0 Å². The van der Waals surface area contributed by atoms with Crippen molar-refractivity contribution in [1.29, 1.82) is 0 Å². The van der Waals surface area contributed by atoms with Gasteiger partial charge in [-0.15, -0.1) is 0 Å². The number of nitrogens with zero attached hydrogens (tertiary/aromatic N) is 3. The maximum Gasteiger partial charge on any atom is 0.324 e. The van der Waals surface area contributed by atoms with Crippen LogP contribution >= 0.6 is 0 Å². The Labute approximate surface area is 134 Å². The van der Waals surface area contributed by atoms with Crippen molar-refractivity contribution in [2.24, 2.45) is 7.05 Å². The molecule has 8 heteroatoms. The normalized spacial score (nSPS) is 10.0. The third-order valence-electron chi connectivity index (χ3n) is 2.90. The molecule has 1 heterocycles. The van der Waals surface area contributed by atoms with Crippen LogP contribution in [-0.2, 0) is 11.8 Å². The molecular formula is C15H19N5O3. The standard InChI is InChI=1S/C15H19N5O3/c1-19(2)14(21)9-23-12-6-4-5-11(7-12)17-15(22)18-13-8-20(3)10-16-13/h4-8,10H,9H2,1-3H3,(H2,17,18,22). The molecule has 0 atom stereocenters. The number of amides is 3. The molecule has 3 amide bonds. The average Bonchev–Trinajstić information content (AvgIpc) is 2.89. The van der Waals surface area contributed by atoms with E-state index < -0.39 is 6.03 Å². The van der Waals surface area contributed by atoms with Crippen molar-refractivity contribution in [2.45, 2.75) is 0 Å². The quantitative estimate of drug-likeness (QED) is 0.875. The molecule has 0 spiro atoms. The van der Waals surface area contributed by atoms with Crippen molar-refractivity contribution in [3.05, 3.63) is 36.8 Å². The minimum atomic E-state index is -0.412. The van der Waals surface area contributed by atoms with Gasteiger partial charge >= 0.3 is 6.03 Å². The summed E-state index contributed by atoms with van der Waals surface area (Å²) < 4.78 is 7.12. The zero-order chi connectivity index (χ0) is 16.8. The smallest absolute Gasteiger partial charge is 0.324 e. The van der Waals surface area contributed by atoms with Gasteiger partial charge in [-0.25, -0.2) is 9.78 Å². The predicted octanol–water partition coefficient (Wildman–Crippen LogP) is 1.53. The molecule has 2 N–H and O–H groups in total. The van der Waals surface area contributed by atoms with E-state index in [4.69, 9.17) is 4.74 Å². The van der Waals surface area contributed by atoms with Crippen molar-refractivity contribution >= 4 is 23.4 Å². The van der Waals surface area contributed by atoms with Crippen LogP contribution in [0, 0.1) is 0 Å². The van der Waals surface area contributed by atoms with Crippen molar-refractivity contribution in [3.8, 4) is 5.75 Å². The lowest BCUT2D eigenvalue weighted by molar-refractivity contribution is -0.130. The Hall–Kier alpha value is -3.03. The number of imidazole rings is 1. The third-order valence-corrected chi connectivity index (χ3v) is 2.90. The molecule has 0 aliphatic rings. The number of aromatic nitrogens is 2. The first-order valence-electron chi connectivity index (χ1n) is 6.93. The topological polar surface area (TPSA) is 88.5 Å². The zero-order valence-electron chi connectivity index (χ0n) is 13.2. The Morgan fingerprint density at radius 3 is 2.74 bits per heavy atom. The van der Waals surface area contributed by atoms with Crippen LogP contribution in [-0.4, -0.2) is 47.1 Å². The maximum atomic E-state index is 11.9. The van der Waals surface area contributed by atoms with Gasteiger partial charge in [0.05, 0.1) is 6.33 Å². The lowest BCUT2D eigenvalue weighted by atomic mass is 10.3. The fraction of sp³-hybridized carbons (Fsp3) is 0.267. The van der Waals surface area contributed by atoms with Crippen LogP contribution < -0.4 is 15.4 Å². The number of urea groups is 1. The van der Waals surface area contributed by atoms with E-state index in [0.717, 1.165) is 0 Å². The lowest BCUT2D eigenvalue weighted by Gasteiger charge is -2.12. The van der Waals surface area contributed by atoms with E-state index in [1.165, 1.54) is 4.90 Å². The van der Waals surface area contributed by atoms with Gasteiger partial charge in [-0.05, 0) is 12.1 Å². The van der Waals surface area contributed by atoms with E-state index in [-0.39, 0.29) is 12.5 Å². The molecule has 0 radical (unpaired) electrons. The second-order valence-electron chi connectivity index (χ2n) is 5.11. The molecule has 0 saturated carbocycles. The molecule has 0 bridgehead atoms. The molecule has 0 aliphatic heterocycles. The number of hydrogen-bond acceptors (Lipinski definition) is 4. The summed E-state index contributed by atoms with van der Waals surface area (Å²) in [6.45, 7) is -0.0589. The van der Waals surface area contributed by atoms with Gasteiger partial charge in [-0.3, -0.25) is 10.1 Å². The maximum absolute atomic E-state index is 11.9. The summed E-state index contributed by atoms with van der Waals surface area (Å²) in [4.78, 5) is 28.8. The molecule has 23 heavy (non-hydrogen) atoms. The molecular weight excluding hydrogens is 298 g/mol. The molecule has 0 saturated heterocycles. The van der Waals surface area contributed by atoms with Crippen LogP contribution in [0.25, 0.3) is 0 Å². The second-order valence-corrected chi connectivity index (χ2v) is 5.11. The molecule has 8 nitrogen and oxygen atoms in total. The summed E-state index contributed by atoms with van der Waals surface area (Å²) in [7, 11) is 5.13. The average molecular weight is 317 g/mol. The third kappa shape index (κ3) is 5.03. The van der Waals surface area contributed by atoms with Gasteiger partial charge in [-0.1, -0.05) is 6.07 Å². The van der Waals surface area contributed by atoms with Crippen LogP contribution in [0.4, 0.5) is 16.3 Å². The number of nitrogens with one attached hydrogen (secondary N) is 2. The van der Waals surface area contributed by atoms with Gasteiger partial charge < -0.3 is 19.5 Å². The minimum absolute atomic E-state index is 0.0589. The highest BCUT2D eigenvalue weighted by Crippen LogP contribution is 2.17. The summed E-state index contributed by atoms with van der Waals surface area (Å²) in [5.74, 6) is 0.807. The fourth-order valence-electron chi connectivity index (χ4n) is 1.69. The van der Waals surface area contributed by atoms with Gasteiger partial charge in [0.25, 0.3) is 5.91 Å². The molecule has 0 unspecified atom stereocenters. The molecule has 0 fully saturated rings. The van der Waals surface area contributed by atoms with E-state index in [1.807, 2.05) is 7.05 Å². The van der Waals surface area contributed by atoms with Crippen LogP contribution in [0.15, 0.2) is 36.8 Å². The van der Waals surface area contributed by atoms with Gasteiger partial charge in [0.1, 0.15) is 5.75 Å². The number of aryl methyl sites for hydroxylation is 1. The summed E-state index contributed by atoms with van der Waals surface area (Å²) in [6.07, 6.45) is 3.28. The molecule has 122 valence electrons. The van der Waals surface area contributed by atoms with Crippen LogP contribution in [0.2, 0.25) is 0 Å². The molecule has 0 aliphatic carbocycles. The SMILES string of the molecule is CN(C)C(=O)COc1cccc(NC(=O)Nc2cn(C)cn2)c1. The number of rotatable bonds is 5. The fourth-order valence-corrected chi connectivity index (χ4v) is 1.69. The Bertz CT molecular complexity index is 696. The van der Waals surface area contributed by atoms with Crippen LogP contribution in [0.3, 0.4) is 0 Å². The van der Waals surface area contributed by atoms with E-state index in [0.29, 0.717) is 17.3 Å². The number of benzene rings is 1. The summed E-state index contributed by atoms with van der Waals surface area (Å²) in [5, 5.41) is 5.29. The Kier molecular flexibility index (Phi) is 5.19.